The van der Waals surface area contributed by atoms with Gasteiger partial charge in [0.1, 0.15) is 22.3 Å². The molecule has 2 N–H and O–H groups in total. The van der Waals surface area contributed by atoms with Crippen LogP contribution in [-0.4, -0.2) is 51.2 Å². The van der Waals surface area contributed by atoms with Crippen LogP contribution in [0.5, 0.6) is 0 Å². The molecule has 4 aromatic rings. The summed E-state index contributed by atoms with van der Waals surface area (Å²) >= 11 is 1.47. The maximum absolute atomic E-state index is 14.7. The Morgan fingerprint density at radius 3 is 2.45 bits per heavy atom. The van der Waals surface area contributed by atoms with Gasteiger partial charge in [-0.1, -0.05) is 19.9 Å². The number of halogens is 3. The largest absolute Gasteiger partial charge is 0.353 e. The molecular formula is C26H27F3N6OS2. The van der Waals surface area contributed by atoms with E-state index in [2.05, 4.69) is 20.0 Å². The molecule has 7 nitrogen and oxygen atoms in total. The van der Waals surface area contributed by atoms with Crippen LogP contribution >= 0.6 is 11.3 Å². The minimum absolute atomic E-state index is 0.126. The van der Waals surface area contributed by atoms with Crippen molar-refractivity contribution in [3.63, 3.8) is 0 Å². The molecule has 4 rings (SSSR count). The first-order chi connectivity index (χ1) is 18.1. The van der Waals surface area contributed by atoms with Crippen LogP contribution in [0.2, 0.25) is 0 Å². The number of rotatable bonds is 10. The normalized spacial score (nSPS) is 12.2. The summed E-state index contributed by atoms with van der Waals surface area (Å²) in [5.74, 6) is -2.11. The number of aromatic nitrogens is 3. The van der Waals surface area contributed by atoms with Crippen molar-refractivity contribution in [2.24, 2.45) is 0 Å². The van der Waals surface area contributed by atoms with E-state index in [1.807, 2.05) is 32.8 Å². The molecule has 0 aliphatic carbocycles. The molecule has 0 amide bonds. The molecule has 1 atom stereocenters. The van der Waals surface area contributed by atoms with E-state index < -0.39 is 33.3 Å². The number of anilines is 2. The lowest BCUT2D eigenvalue weighted by Gasteiger charge is -2.11. The first-order valence-corrected chi connectivity index (χ1v) is 13.8. The second kappa shape index (κ2) is 12.0. The zero-order valence-corrected chi connectivity index (χ0v) is 22.9. The zero-order chi connectivity index (χ0) is 27.4. The average molecular weight is 561 g/mol. The molecular weight excluding hydrogens is 533 g/mol. The van der Waals surface area contributed by atoms with Crippen molar-refractivity contribution in [2.45, 2.75) is 24.7 Å². The third-order valence-corrected chi connectivity index (χ3v) is 7.96. The standard InChI is InChI=1S/C26H27F3N6OS2/c1-15(2)25-33-22(23(37-25)20-10-11-30-26(32-20)31-12-13-35(3)4)16-8-9-17(27)21(14-16)34-38(36)24-18(28)6-5-7-19(24)29/h5-11,14-15,34H,12-13H2,1-4H3,(H,30,31,32). The quantitative estimate of drug-likeness (QED) is 0.251. The molecule has 0 aliphatic rings. The fourth-order valence-corrected chi connectivity index (χ4v) is 5.48. The molecule has 2 heterocycles. The fourth-order valence-electron chi connectivity index (χ4n) is 3.48. The maximum Gasteiger partial charge on any atom is 0.223 e. The summed E-state index contributed by atoms with van der Waals surface area (Å²) < 4.78 is 58.1. The lowest BCUT2D eigenvalue weighted by molar-refractivity contribution is 0.425. The van der Waals surface area contributed by atoms with E-state index >= 15 is 0 Å². The minimum atomic E-state index is -2.38. The molecule has 38 heavy (non-hydrogen) atoms. The highest BCUT2D eigenvalue weighted by atomic mass is 32.2. The molecule has 12 heteroatoms. The van der Waals surface area contributed by atoms with Crippen LogP contribution in [0.1, 0.15) is 24.8 Å². The Hall–Kier alpha value is -3.35. The van der Waals surface area contributed by atoms with E-state index in [9.17, 15) is 17.4 Å². The van der Waals surface area contributed by atoms with Gasteiger partial charge in [0, 0.05) is 30.8 Å². The van der Waals surface area contributed by atoms with Crippen molar-refractivity contribution in [3.05, 3.63) is 71.1 Å². The van der Waals surface area contributed by atoms with Crippen molar-refractivity contribution in [3.8, 4) is 21.8 Å². The van der Waals surface area contributed by atoms with Gasteiger partial charge in [-0.25, -0.2) is 32.3 Å². The average Bonchev–Trinajstić information content (AvgIpc) is 3.31. The van der Waals surface area contributed by atoms with Gasteiger partial charge in [-0.05, 0) is 50.5 Å². The summed E-state index contributed by atoms with van der Waals surface area (Å²) in [6.45, 7) is 5.51. The van der Waals surface area contributed by atoms with Crippen LogP contribution < -0.4 is 10.0 Å². The van der Waals surface area contributed by atoms with Gasteiger partial charge in [-0.2, -0.15) is 0 Å². The monoisotopic (exact) mass is 560 g/mol. The van der Waals surface area contributed by atoms with E-state index in [1.165, 1.54) is 29.5 Å². The van der Waals surface area contributed by atoms with Crippen molar-refractivity contribution in [2.75, 3.05) is 37.2 Å². The number of nitrogens with one attached hydrogen (secondary N) is 2. The second-order valence-corrected chi connectivity index (χ2v) is 11.2. The molecule has 1 unspecified atom stereocenters. The Labute approximate surface area is 225 Å². The Morgan fingerprint density at radius 1 is 1.03 bits per heavy atom. The van der Waals surface area contributed by atoms with Crippen LogP contribution in [-0.2, 0) is 11.0 Å². The SMILES string of the molecule is CC(C)c1nc(-c2ccc(F)c(NS(=O)c3c(F)cccc3F)c2)c(-c2ccnc(NCCN(C)C)n2)s1. The van der Waals surface area contributed by atoms with Crippen molar-refractivity contribution in [1.82, 2.24) is 19.9 Å². The number of nitrogens with zero attached hydrogens (tertiary/aromatic N) is 4. The van der Waals surface area contributed by atoms with Crippen molar-refractivity contribution < 1.29 is 17.4 Å². The lowest BCUT2D eigenvalue weighted by atomic mass is 10.1. The Balaban J connectivity index is 1.70. The van der Waals surface area contributed by atoms with Gasteiger partial charge in [0.25, 0.3) is 0 Å². The number of thiazole rings is 1. The van der Waals surface area contributed by atoms with Crippen molar-refractivity contribution in [1.29, 1.82) is 0 Å². The lowest BCUT2D eigenvalue weighted by Crippen LogP contribution is -2.21. The molecule has 200 valence electrons. The second-order valence-electron chi connectivity index (χ2n) is 9.00. The molecule has 0 aliphatic heterocycles. The van der Waals surface area contributed by atoms with E-state index in [0.717, 1.165) is 28.6 Å². The highest BCUT2D eigenvalue weighted by Gasteiger charge is 2.21. The topological polar surface area (TPSA) is 83.0 Å². The van der Waals surface area contributed by atoms with E-state index in [0.29, 0.717) is 29.4 Å². The van der Waals surface area contributed by atoms with Crippen molar-refractivity contribution >= 4 is 34.0 Å². The third-order valence-electron chi connectivity index (χ3n) is 5.41. The summed E-state index contributed by atoms with van der Waals surface area (Å²) in [4.78, 5) is 15.9. The first kappa shape index (κ1) is 27.7. The number of benzene rings is 2. The Kier molecular flexibility index (Phi) is 8.75. The van der Waals surface area contributed by atoms with Gasteiger partial charge in [-0.3, -0.25) is 4.72 Å². The predicted octanol–water partition coefficient (Wildman–Crippen LogP) is 5.92. The van der Waals surface area contributed by atoms with Gasteiger partial charge in [0.2, 0.25) is 5.95 Å². The van der Waals surface area contributed by atoms with Gasteiger partial charge in [0.15, 0.2) is 11.0 Å². The summed E-state index contributed by atoms with van der Waals surface area (Å²) in [5, 5.41) is 4.06. The summed E-state index contributed by atoms with van der Waals surface area (Å²) in [6, 6.07) is 9.09. The predicted molar refractivity (Wildman–Crippen MR) is 146 cm³/mol. The Morgan fingerprint density at radius 2 is 1.76 bits per heavy atom. The van der Waals surface area contributed by atoms with Gasteiger partial charge < -0.3 is 10.2 Å². The molecule has 2 aromatic carbocycles. The van der Waals surface area contributed by atoms with Gasteiger partial charge >= 0.3 is 0 Å². The molecule has 0 saturated heterocycles. The molecule has 0 bridgehead atoms. The first-order valence-electron chi connectivity index (χ1n) is 11.8. The van der Waals surface area contributed by atoms with Crippen LogP contribution in [0.4, 0.5) is 24.8 Å². The smallest absolute Gasteiger partial charge is 0.223 e. The minimum Gasteiger partial charge on any atom is -0.353 e. The van der Waals surface area contributed by atoms with E-state index in [-0.39, 0.29) is 11.6 Å². The highest BCUT2D eigenvalue weighted by molar-refractivity contribution is 7.86. The molecule has 0 radical (unpaired) electrons. The van der Waals surface area contributed by atoms with Crippen LogP contribution in [0.15, 0.2) is 53.6 Å². The van der Waals surface area contributed by atoms with Crippen LogP contribution in [0.25, 0.3) is 21.8 Å². The third kappa shape index (κ3) is 6.37. The summed E-state index contributed by atoms with van der Waals surface area (Å²) in [7, 11) is 1.58. The van der Waals surface area contributed by atoms with Crippen LogP contribution in [0, 0.1) is 17.5 Å². The molecule has 2 aromatic heterocycles. The van der Waals surface area contributed by atoms with Crippen LogP contribution in [0.3, 0.4) is 0 Å². The van der Waals surface area contributed by atoms with Gasteiger partial charge in [0.05, 0.1) is 27.0 Å². The summed E-state index contributed by atoms with van der Waals surface area (Å²) in [5.41, 5.74) is 1.55. The zero-order valence-electron chi connectivity index (χ0n) is 21.3. The Bertz CT molecular complexity index is 1440. The molecule has 0 spiro atoms. The number of hydrogen-bond donors (Lipinski definition) is 2. The number of likely N-dealkylation sites (N-methyl/N-ethyl adjacent to an activating group) is 1. The fraction of sp³-hybridized carbons (Fsp3) is 0.269. The molecule has 0 fully saturated rings. The maximum atomic E-state index is 14.7. The highest BCUT2D eigenvalue weighted by Crippen LogP contribution is 2.39. The number of hydrogen-bond acceptors (Lipinski definition) is 7. The van der Waals surface area contributed by atoms with E-state index in [1.54, 1.807) is 18.3 Å². The van der Waals surface area contributed by atoms with E-state index in [4.69, 9.17) is 4.98 Å². The summed E-state index contributed by atoms with van der Waals surface area (Å²) in [6.07, 6.45) is 1.66. The van der Waals surface area contributed by atoms with Gasteiger partial charge in [-0.15, -0.1) is 11.3 Å². The molecule has 0 saturated carbocycles.